The molecule has 1 aliphatic rings. The minimum absolute atomic E-state index is 0.326. The van der Waals surface area contributed by atoms with E-state index in [4.69, 9.17) is 21.1 Å². The molecule has 21 heavy (non-hydrogen) atoms. The number of alkyl halides is 1. The third-order valence-electron chi connectivity index (χ3n) is 3.17. The van der Waals surface area contributed by atoms with E-state index in [1.54, 1.807) is 6.07 Å². The van der Waals surface area contributed by atoms with Crippen molar-refractivity contribution in [1.82, 2.24) is 0 Å². The quantitative estimate of drug-likeness (QED) is 0.583. The molecule has 2 aromatic rings. The molecule has 2 aromatic carbocycles. The second-order valence-electron chi connectivity index (χ2n) is 4.55. The van der Waals surface area contributed by atoms with Crippen LogP contribution in [0.1, 0.15) is 16.5 Å². The molecule has 0 amide bonds. The largest absolute Gasteiger partial charge is 0.486 e. The van der Waals surface area contributed by atoms with Gasteiger partial charge in [-0.25, -0.2) is 4.39 Å². The lowest BCUT2D eigenvalue weighted by atomic mass is 10.0. The van der Waals surface area contributed by atoms with Gasteiger partial charge in [0.25, 0.3) is 0 Å². The summed E-state index contributed by atoms with van der Waals surface area (Å²) in [4.78, 5) is 0. The van der Waals surface area contributed by atoms with Crippen molar-refractivity contribution in [3.8, 4) is 11.5 Å². The molecule has 110 valence electrons. The molecule has 1 aliphatic heterocycles. The summed E-state index contributed by atoms with van der Waals surface area (Å²) in [6.07, 6.45) is 0. The zero-order valence-corrected chi connectivity index (χ0v) is 14.6. The van der Waals surface area contributed by atoms with Gasteiger partial charge in [-0.3, -0.25) is 0 Å². The summed E-state index contributed by atoms with van der Waals surface area (Å²) in [6.45, 7) is 1.03. The molecule has 0 aromatic heterocycles. The van der Waals surface area contributed by atoms with Crippen LogP contribution in [-0.4, -0.2) is 13.2 Å². The van der Waals surface area contributed by atoms with Gasteiger partial charge in [0.15, 0.2) is 11.5 Å². The molecule has 0 fully saturated rings. The van der Waals surface area contributed by atoms with E-state index in [-0.39, 0.29) is 5.82 Å². The van der Waals surface area contributed by atoms with Crippen LogP contribution in [0.4, 0.5) is 4.39 Å². The normalized spacial score (nSPS) is 14.9. The van der Waals surface area contributed by atoms with Gasteiger partial charge in [0.05, 0.1) is 5.38 Å². The Labute approximate surface area is 143 Å². The summed E-state index contributed by atoms with van der Waals surface area (Å²) in [7, 11) is 0. The van der Waals surface area contributed by atoms with Crippen LogP contribution in [0.15, 0.2) is 39.3 Å². The Morgan fingerprint density at radius 1 is 0.952 bits per heavy atom. The van der Waals surface area contributed by atoms with Gasteiger partial charge in [-0.05, 0) is 41.5 Å². The summed E-state index contributed by atoms with van der Waals surface area (Å²) in [5.74, 6) is 1.00. The molecular weight excluding hydrogens is 426 g/mol. The van der Waals surface area contributed by atoms with Gasteiger partial charge in [-0.2, -0.15) is 0 Å². The Balaban J connectivity index is 2.05. The van der Waals surface area contributed by atoms with Gasteiger partial charge < -0.3 is 9.47 Å². The number of rotatable bonds is 2. The maximum atomic E-state index is 13.5. The van der Waals surface area contributed by atoms with Crippen molar-refractivity contribution in [3.63, 3.8) is 0 Å². The first-order valence-electron chi connectivity index (χ1n) is 6.24. The molecule has 1 heterocycles. The molecule has 0 N–H and O–H groups in total. The molecule has 0 radical (unpaired) electrons. The molecule has 0 spiro atoms. The lowest BCUT2D eigenvalue weighted by Crippen LogP contribution is -2.15. The summed E-state index contributed by atoms with van der Waals surface area (Å²) in [5.41, 5.74) is 1.46. The Hall–Kier alpha value is -0.780. The van der Waals surface area contributed by atoms with Crippen molar-refractivity contribution in [1.29, 1.82) is 0 Å². The monoisotopic (exact) mass is 434 g/mol. The van der Waals surface area contributed by atoms with Gasteiger partial charge in [0.1, 0.15) is 19.0 Å². The molecular formula is C15H10Br2ClFO2. The maximum Gasteiger partial charge on any atom is 0.162 e. The highest BCUT2D eigenvalue weighted by Gasteiger charge is 2.22. The first-order chi connectivity index (χ1) is 10.1. The van der Waals surface area contributed by atoms with E-state index in [1.165, 1.54) is 12.1 Å². The molecule has 6 heteroatoms. The molecule has 3 rings (SSSR count). The van der Waals surface area contributed by atoms with Crippen LogP contribution in [0.25, 0.3) is 0 Å². The van der Waals surface area contributed by atoms with E-state index in [0.717, 1.165) is 14.5 Å². The molecule has 0 saturated heterocycles. The van der Waals surface area contributed by atoms with E-state index in [9.17, 15) is 4.39 Å². The average Bonchev–Trinajstić information content (AvgIpc) is 2.48. The summed E-state index contributed by atoms with van der Waals surface area (Å²) >= 11 is 13.4. The summed E-state index contributed by atoms with van der Waals surface area (Å²) < 4.78 is 26.1. The number of halogens is 4. The fourth-order valence-corrected chi connectivity index (χ4v) is 3.80. The van der Waals surface area contributed by atoms with Gasteiger partial charge >= 0.3 is 0 Å². The van der Waals surface area contributed by atoms with E-state index in [1.807, 2.05) is 12.1 Å². The van der Waals surface area contributed by atoms with Crippen molar-refractivity contribution in [2.45, 2.75) is 5.38 Å². The van der Waals surface area contributed by atoms with Crippen molar-refractivity contribution >= 4 is 43.5 Å². The molecule has 0 aliphatic carbocycles. The first-order valence-corrected chi connectivity index (χ1v) is 8.26. The van der Waals surface area contributed by atoms with Gasteiger partial charge in [0.2, 0.25) is 0 Å². The predicted octanol–water partition coefficient (Wildman–Crippen LogP) is 5.45. The second-order valence-corrected chi connectivity index (χ2v) is 6.69. The lowest BCUT2D eigenvalue weighted by Gasteiger charge is -2.22. The van der Waals surface area contributed by atoms with E-state index < -0.39 is 5.38 Å². The van der Waals surface area contributed by atoms with Gasteiger partial charge in [0, 0.05) is 8.95 Å². The van der Waals surface area contributed by atoms with Gasteiger partial charge in [-0.1, -0.05) is 31.9 Å². The minimum Gasteiger partial charge on any atom is -0.486 e. The predicted molar refractivity (Wildman–Crippen MR) is 86.9 cm³/mol. The average molecular weight is 437 g/mol. The van der Waals surface area contributed by atoms with Crippen LogP contribution < -0.4 is 9.47 Å². The summed E-state index contributed by atoms with van der Waals surface area (Å²) in [5, 5.41) is -0.514. The first kappa shape index (κ1) is 15.1. The Morgan fingerprint density at radius 2 is 1.57 bits per heavy atom. The number of ether oxygens (including phenoxy) is 2. The zero-order chi connectivity index (χ0) is 15.0. The highest BCUT2D eigenvalue weighted by molar-refractivity contribution is 9.10. The van der Waals surface area contributed by atoms with Crippen LogP contribution in [-0.2, 0) is 0 Å². The van der Waals surface area contributed by atoms with E-state index in [2.05, 4.69) is 31.9 Å². The maximum absolute atomic E-state index is 13.5. The third-order valence-corrected chi connectivity index (χ3v) is 5.04. The van der Waals surface area contributed by atoms with Crippen molar-refractivity contribution in [2.24, 2.45) is 0 Å². The molecule has 0 bridgehead atoms. The van der Waals surface area contributed by atoms with Crippen molar-refractivity contribution in [3.05, 3.63) is 56.2 Å². The van der Waals surface area contributed by atoms with Crippen LogP contribution in [0, 0.1) is 5.82 Å². The fraction of sp³-hybridized carbons (Fsp3) is 0.200. The smallest absolute Gasteiger partial charge is 0.162 e. The number of hydrogen-bond donors (Lipinski definition) is 0. The number of benzene rings is 2. The van der Waals surface area contributed by atoms with E-state index in [0.29, 0.717) is 30.3 Å². The Morgan fingerprint density at radius 3 is 2.29 bits per heavy atom. The van der Waals surface area contributed by atoms with E-state index >= 15 is 0 Å². The van der Waals surface area contributed by atoms with Gasteiger partial charge in [-0.15, -0.1) is 11.6 Å². The topological polar surface area (TPSA) is 18.5 Å². The van der Waals surface area contributed by atoms with Crippen LogP contribution in [0.2, 0.25) is 0 Å². The van der Waals surface area contributed by atoms with Crippen LogP contribution in [0.5, 0.6) is 11.5 Å². The number of hydrogen-bond acceptors (Lipinski definition) is 2. The number of fused-ring (bicyclic) bond motifs is 1. The standard InChI is InChI=1S/C15H10Br2ClFO2/c16-11-2-1-8(19)5-9(11)15(18)10-6-13-14(7-12(10)17)21-4-3-20-13/h1-2,5-7,15H,3-4H2. The third kappa shape index (κ3) is 3.05. The Bertz CT molecular complexity index is 694. The fourth-order valence-electron chi connectivity index (χ4n) is 2.15. The molecule has 1 atom stereocenters. The molecule has 0 saturated carbocycles. The highest BCUT2D eigenvalue weighted by atomic mass is 79.9. The second kappa shape index (κ2) is 6.15. The molecule has 2 nitrogen and oxygen atoms in total. The lowest BCUT2D eigenvalue weighted by molar-refractivity contribution is 0.171. The summed E-state index contributed by atoms with van der Waals surface area (Å²) in [6, 6.07) is 8.10. The SMILES string of the molecule is Fc1ccc(Br)c(C(Cl)c2cc3c(cc2Br)OCCO3)c1. The Kier molecular flexibility index (Phi) is 4.43. The highest BCUT2D eigenvalue weighted by Crippen LogP contribution is 2.43. The van der Waals surface area contributed by atoms with Crippen LogP contribution in [0.3, 0.4) is 0 Å². The van der Waals surface area contributed by atoms with Crippen molar-refractivity contribution < 1.29 is 13.9 Å². The molecule has 1 unspecified atom stereocenters. The van der Waals surface area contributed by atoms with Crippen LogP contribution >= 0.6 is 43.5 Å². The minimum atomic E-state index is -0.514. The zero-order valence-electron chi connectivity index (χ0n) is 10.7. The van der Waals surface area contributed by atoms with Crippen molar-refractivity contribution in [2.75, 3.05) is 13.2 Å².